The zero-order valence-corrected chi connectivity index (χ0v) is 10.4. The molecule has 2 heterocycles. The molecule has 4 heteroatoms. The number of nitrogens with one attached hydrogen (secondary N) is 1. The van der Waals surface area contributed by atoms with Gasteiger partial charge in [-0.15, -0.1) is 11.3 Å². The van der Waals surface area contributed by atoms with Crippen LogP contribution < -0.4 is 5.32 Å². The number of piperazine rings is 1. The van der Waals surface area contributed by atoms with Gasteiger partial charge in [0.05, 0.1) is 4.70 Å². The van der Waals surface area contributed by atoms with Crippen molar-refractivity contribution in [2.45, 2.75) is 6.54 Å². The summed E-state index contributed by atoms with van der Waals surface area (Å²) in [7, 11) is 0. The fourth-order valence-electron chi connectivity index (χ4n) is 2.25. The van der Waals surface area contributed by atoms with Crippen molar-refractivity contribution >= 4 is 21.4 Å². The van der Waals surface area contributed by atoms with Gasteiger partial charge in [-0.1, -0.05) is 12.1 Å². The van der Waals surface area contributed by atoms with Crippen LogP contribution in [0.1, 0.15) is 4.88 Å². The Morgan fingerprint density at radius 3 is 2.88 bits per heavy atom. The topological polar surface area (TPSA) is 15.3 Å². The molecule has 17 heavy (non-hydrogen) atoms. The van der Waals surface area contributed by atoms with E-state index in [1.807, 2.05) is 6.07 Å². The first-order valence-corrected chi connectivity index (χ1v) is 6.74. The lowest BCUT2D eigenvalue weighted by Gasteiger charge is -2.26. The molecule has 0 saturated carbocycles. The molecule has 1 aliphatic rings. The summed E-state index contributed by atoms with van der Waals surface area (Å²) in [5.74, 6) is -0.0981. The van der Waals surface area contributed by atoms with Crippen molar-refractivity contribution in [2.75, 3.05) is 26.2 Å². The first-order valence-electron chi connectivity index (χ1n) is 5.93. The highest BCUT2D eigenvalue weighted by atomic mass is 32.1. The van der Waals surface area contributed by atoms with Crippen LogP contribution in [0.25, 0.3) is 10.1 Å². The zero-order valence-electron chi connectivity index (χ0n) is 9.58. The van der Waals surface area contributed by atoms with Gasteiger partial charge in [0.25, 0.3) is 0 Å². The third-order valence-electron chi connectivity index (χ3n) is 3.14. The predicted molar refractivity (Wildman–Crippen MR) is 69.9 cm³/mol. The van der Waals surface area contributed by atoms with E-state index in [0.29, 0.717) is 0 Å². The number of hydrogen-bond donors (Lipinski definition) is 1. The molecule has 0 spiro atoms. The maximum Gasteiger partial charge on any atom is 0.140 e. The third kappa shape index (κ3) is 2.34. The number of fused-ring (bicyclic) bond motifs is 1. The summed E-state index contributed by atoms with van der Waals surface area (Å²) in [5.41, 5.74) is 0. The average molecular weight is 250 g/mol. The molecule has 0 radical (unpaired) electrons. The van der Waals surface area contributed by atoms with Gasteiger partial charge < -0.3 is 5.32 Å². The summed E-state index contributed by atoms with van der Waals surface area (Å²) < 4.78 is 14.4. The van der Waals surface area contributed by atoms with Gasteiger partial charge in [-0.05, 0) is 17.5 Å². The summed E-state index contributed by atoms with van der Waals surface area (Å²) in [6.45, 7) is 5.21. The van der Waals surface area contributed by atoms with Crippen molar-refractivity contribution < 1.29 is 4.39 Å². The molecule has 0 amide bonds. The Balaban J connectivity index is 1.83. The quantitative estimate of drug-likeness (QED) is 0.880. The second-order valence-corrected chi connectivity index (χ2v) is 5.53. The Kier molecular flexibility index (Phi) is 3.09. The lowest BCUT2D eigenvalue weighted by Crippen LogP contribution is -2.42. The van der Waals surface area contributed by atoms with Gasteiger partial charge in [0.2, 0.25) is 0 Å². The summed E-state index contributed by atoms with van der Waals surface area (Å²) in [5, 5.41) is 4.37. The minimum Gasteiger partial charge on any atom is -0.314 e. The predicted octanol–water partition coefficient (Wildman–Crippen LogP) is 2.45. The van der Waals surface area contributed by atoms with Crippen molar-refractivity contribution in [2.24, 2.45) is 0 Å². The molecule has 90 valence electrons. The van der Waals surface area contributed by atoms with Crippen molar-refractivity contribution in [3.8, 4) is 0 Å². The molecular formula is C13H15FN2S. The fourth-order valence-corrected chi connectivity index (χ4v) is 3.35. The van der Waals surface area contributed by atoms with Gasteiger partial charge in [0.15, 0.2) is 0 Å². The number of nitrogens with zero attached hydrogens (tertiary/aromatic N) is 1. The normalized spacial score (nSPS) is 17.7. The maximum atomic E-state index is 13.6. The van der Waals surface area contributed by atoms with Gasteiger partial charge in [-0.25, -0.2) is 4.39 Å². The number of thiophene rings is 1. The van der Waals surface area contributed by atoms with Crippen molar-refractivity contribution in [3.05, 3.63) is 35.0 Å². The second kappa shape index (κ2) is 4.72. The van der Waals surface area contributed by atoms with Gasteiger partial charge in [-0.2, -0.15) is 0 Å². The van der Waals surface area contributed by atoms with Crippen LogP contribution in [-0.2, 0) is 6.54 Å². The van der Waals surface area contributed by atoms with E-state index in [1.54, 1.807) is 17.4 Å². The Bertz CT molecular complexity index is 517. The molecule has 1 saturated heterocycles. The summed E-state index contributed by atoms with van der Waals surface area (Å²) in [6, 6.07) is 7.41. The highest BCUT2D eigenvalue weighted by Crippen LogP contribution is 2.28. The Morgan fingerprint density at radius 1 is 1.29 bits per heavy atom. The number of hydrogen-bond acceptors (Lipinski definition) is 3. The fraction of sp³-hybridized carbons (Fsp3) is 0.385. The molecule has 1 aromatic heterocycles. The molecular weight excluding hydrogens is 235 g/mol. The van der Waals surface area contributed by atoms with Crippen LogP contribution in [0.2, 0.25) is 0 Å². The smallest absolute Gasteiger partial charge is 0.140 e. The summed E-state index contributed by atoms with van der Waals surface area (Å²) in [6.07, 6.45) is 0. The molecule has 1 N–H and O–H groups in total. The maximum absolute atomic E-state index is 13.6. The van der Waals surface area contributed by atoms with E-state index in [0.717, 1.165) is 42.8 Å². The van der Waals surface area contributed by atoms with E-state index in [1.165, 1.54) is 10.9 Å². The van der Waals surface area contributed by atoms with Crippen LogP contribution in [0.15, 0.2) is 24.3 Å². The van der Waals surface area contributed by atoms with Crippen LogP contribution in [0.4, 0.5) is 4.39 Å². The van der Waals surface area contributed by atoms with E-state index < -0.39 is 0 Å². The molecule has 2 nitrogen and oxygen atoms in total. The van der Waals surface area contributed by atoms with E-state index in [4.69, 9.17) is 0 Å². The third-order valence-corrected chi connectivity index (χ3v) is 4.28. The van der Waals surface area contributed by atoms with Crippen LogP contribution >= 0.6 is 11.3 Å². The Labute approximate surface area is 104 Å². The molecule has 3 rings (SSSR count). The second-order valence-electron chi connectivity index (χ2n) is 4.40. The van der Waals surface area contributed by atoms with Crippen molar-refractivity contribution in [1.29, 1.82) is 0 Å². The molecule has 1 aromatic carbocycles. The largest absolute Gasteiger partial charge is 0.314 e. The van der Waals surface area contributed by atoms with Gasteiger partial charge in [0, 0.05) is 37.6 Å². The lowest BCUT2D eigenvalue weighted by atomic mass is 10.2. The zero-order chi connectivity index (χ0) is 11.7. The Hall–Kier alpha value is -0.970. The van der Waals surface area contributed by atoms with Crippen LogP contribution in [-0.4, -0.2) is 31.1 Å². The minimum atomic E-state index is -0.0981. The van der Waals surface area contributed by atoms with Gasteiger partial charge >= 0.3 is 0 Å². The first-order chi connectivity index (χ1) is 8.33. The van der Waals surface area contributed by atoms with Crippen LogP contribution in [0.5, 0.6) is 0 Å². The van der Waals surface area contributed by atoms with E-state index in [2.05, 4.69) is 16.3 Å². The molecule has 0 unspecified atom stereocenters. The lowest BCUT2D eigenvalue weighted by molar-refractivity contribution is 0.235. The molecule has 0 atom stereocenters. The average Bonchev–Trinajstić information content (AvgIpc) is 2.74. The summed E-state index contributed by atoms with van der Waals surface area (Å²) in [4.78, 5) is 3.67. The standard InChI is InChI=1S/C13H15FN2S/c14-12-3-1-2-10-8-11(17-13(10)12)9-16-6-4-15-5-7-16/h1-3,8,15H,4-7,9H2. The van der Waals surface area contributed by atoms with E-state index in [9.17, 15) is 4.39 Å². The highest BCUT2D eigenvalue weighted by molar-refractivity contribution is 7.19. The minimum absolute atomic E-state index is 0.0981. The first kappa shape index (κ1) is 11.1. The van der Waals surface area contributed by atoms with E-state index >= 15 is 0 Å². The number of benzene rings is 1. The molecule has 1 aliphatic heterocycles. The van der Waals surface area contributed by atoms with Gasteiger partial charge in [-0.3, -0.25) is 4.90 Å². The SMILES string of the molecule is Fc1cccc2cc(CN3CCNCC3)sc12. The Morgan fingerprint density at radius 2 is 2.12 bits per heavy atom. The van der Waals surface area contributed by atoms with Crippen molar-refractivity contribution in [1.82, 2.24) is 10.2 Å². The summed E-state index contributed by atoms with van der Waals surface area (Å²) >= 11 is 1.58. The molecule has 0 aliphatic carbocycles. The molecule has 1 fully saturated rings. The highest BCUT2D eigenvalue weighted by Gasteiger charge is 2.12. The molecule has 0 bridgehead atoms. The molecule has 2 aromatic rings. The van der Waals surface area contributed by atoms with Crippen molar-refractivity contribution in [3.63, 3.8) is 0 Å². The monoisotopic (exact) mass is 250 g/mol. The van der Waals surface area contributed by atoms with E-state index in [-0.39, 0.29) is 5.82 Å². The van der Waals surface area contributed by atoms with Gasteiger partial charge in [0.1, 0.15) is 5.82 Å². The number of halogens is 1. The number of rotatable bonds is 2. The van der Waals surface area contributed by atoms with Crippen LogP contribution in [0.3, 0.4) is 0 Å². The van der Waals surface area contributed by atoms with Crippen LogP contribution in [0, 0.1) is 5.82 Å².